The lowest BCUT2D eigenvalue weighted by Gasteiger charge is -2.42. The van der Waals surface area contributed by atoms with Crippen LogP contribution in [0.3, 0.4) is 0 Å². The third-order valence-electron chi connectivity index (χ3n) is 5.94. The molecular formula is C19H35N5O2. The van der Waals surface area contributed by atoms with Gasteiger partial charge < -0.3 is 20.3 Å². The molecule has 1 atom stereocenters. The molecule has 0 bridgehead atoms. The smallest absolute Gasteiger partial charge is 0.220 e. The van der Waals surface area contributed by atoms with E-state index in [1.165, 1.54) is 0 Å². The molecule has 1 amide bonds. The second-order valence-corrected chi connectivity index (χ2v) is 8.57. The molecule has 0 aromatic carbocycles. The van der Waals surface area contributed by atoms with Gasteiger partial charge in [-0.3, -0.25) is 14.7 Å². The van der Waals surface area contributed by atoms with Crippen molar-refractivity contribution in [3.63, 3.8) is 0 Å². The first-order valence-corrected chi connectivity index (χ1v) is 10.1. The Balaban J connectivity index is 1.60. The Labute approximate surface area is 157 Å². The van der Waals surface area contributed by atoms with Gasteiger partial charge in [0.05, 0.1) is 19.8 Å². The van der Waals surface area contributed by atoms with E-state index in [-0.39, 0.29) is 16.9 Å². The standard InChI is InChI=1S/C19H35N5O2/c1-4-20-17(21-7-9-24-10-11-26-15-18(24,2)3)23-8-5-6-19(14-23)12-16(25)22-13-19/h4-15H2,1-3H3,(H,20,21)(H,22,25). The van der Waals surface area contributed by atoms with Crippen LogP contribution in [-0.4, -0.2) is 86.2 Å². The topological polar surface area (TPSA) is 69.2 Å². The minimum Gasteiger partial charge on any atom is -0.378 e. The van der Waals surface area contributed by atoms with Crippen LogP contribution >= 0.6 is 0 Å². The lowest BCUT2D eigenvalue weighted by Crippen LogP contribution is -2.54. The number of likely N-dealkylation sites (tertiary alicyclic amines) is 1. The normalized spacial score (nSPS) is 29.9. The van der Waals surface area contributed by atoms with Crippen LogP contribution in [0.25, 0.3) is 0 Å². The SMILES string of the molecule is CCNC(=NCCN1CCOCC1(C)C)N1CCCC2(CNC(=O)C2)C1. The first-order chi connectivity index (χ1) is 12.4. The molecule has 3 aliphatic rings. The van der Waals surface area contributed by atoms with Crippen LogP contribution in [-0.2, 0) is 9.53 Å². The van der Waals surface area contributed by atoms with E-state index in [4.69, 9.17) is 9.73 Å². The molecule has 3 heterocycles. The highest BCUT2D eigenvalue weighted by molar-refractivity contribution is 5.81. The van der Waals surface area contributed by atoms with Crippen molar-refractivity contribution in [1.29, 1.82) is 0 Å². The Morgan fingerprint density at radius 1 is 1.38 bits per heavy atom. The summed E-state index contributed by atoms with van der Waals surface area (Å²) < 4.78 is 5.61. The minimum atomic E-state index is 0.0805. The van der Waals surface area contributed by atoms with Gasteiger partial charge in [-0.1, -0.05) is 0 Å². The molecule has 0 aromatic rings. The summed E-state index contributed by atoms with van der Waals surface area (Å²) in [6.45, 7) is 14.5. The molecule has 0 saturated carbocycles. The number of nitrogens with one attached hydrogen (secondary N) is 2. The monoisotopic (exact) mass is 365 g/mol. The van der Waals surface area contributed by atoms with E-state index in [0.29, 0.717) is 6.42 Å². The average molecular weight is 366 g/mol. The Kier molecular flexibility index (Phi) is 6.07. The van der Waals surface area contributed by atoms with Crippen molar-refractivity contribution >= 4 is 11.9 Å². The van der Waals surface area contributed by atoms with Gasteiger partial charge in [-0.25, -0.2) is 0 Å². The second kappa shape index (κ2) is 8.13. The van der Waals surface area contributed by atoms with E-state index < -0.39 is 0 Å². The molecule has 0 aromatic heterocycles. The molecule has 7 nitrogen and oxygen atoms in total. The number of guanidine groups is 1. The molecule has 26 heavy (non-hydrogen) atoms. The summed E-state index contributed by atoms with van der Waals surface area (Å²) in [4.78, 5) is 21.5. The molecule has 1 unspecified atom stereocenters. The van der Waals surface area contributed by atoms with E-state index in [2.05, 4.69) is 41.2 Å². The maximum atomic E-state index is 11.7. The van der Waals surface area contributed by atoms with E-state index in [1.54, 1.807) is 0 Å². The van der Waals surface area contributed by atoms with Crippen LogP contribution in [0.5, 0.6) is 0 Å². The van der Waals surface area contributed by atoms with Crippen molar-refractivity contribution in [3.8, 4) is 0 Å². The van der Waals surface area contributed by atoms with Gasteiger partial charge in [-0.05, 0) is 33.6 Å². The number of hydrogen-bond donors (Lipinski definition) is 2. The summed E-state index contributed by atoms with van der Waals surface area (Å²) in [5.41, 5.74) is 0.175. The molecular weight excluding hydrogens is 330 g/mol. The molecule has 2 N–H and O–H groups in total. The first-order valence-electron chi connectivity index (χ1n) is 10.1. The zero-order valence-corrected chi connectivity index (χ0v) is 16.6. The first kappa shape index (κ1) is 19.4. The average Bonchev–Trinajstić information content (AvgIpc) is 2.95. The summed E-state index contributed by atoms with van der Waals surface area (Å²) in [5, 5.41) is 6.48. The molecule has 148 valence electrons. The summed E-state index contributed by atoms with van der Waals surface area (Å²) in [6.07, 6.45) is 2.91. The number of hydrogen-bond acceptors (Lipinski definition) is 4. The van der Waals surface area contributed by atoms with E-state index in [9.17, 15) is 4.79 Å². The number of aliphatic imine (C=N–C) groups is 1. The molecule has 0 radical (unpaired) electrons. The van der Waals surface area contributed by atoms with Gasteiger partial charge >= 0.3 is 0 Å². The summed E-state index contributed by atoms with van der Waals surface area (Å²) in [6, 6.07) is 0. The van der Waals surface area contributed by atoms with Crippen molar-refractivity contribution in [2.45, 2.75) is 45.6 Å². The molecule has 3 saturated heterocycles. The van der Waals surface area contributed by atoms with E-state index >= 15 is 0 Å². The van der Waals surface area contributed by atoms with Crippen LogP contribution < -0.4 is 10.6 Å². The van der Waals surface area contributed by atoms with Crippen LogP contribution in [0.4, 0.5) is 0 Å². The zero-order chi connectivity index (χ0) is 18.6. The van der Waals surface area contributed by atoms with E-state index in [1.807, 2.05) is 0 Å². The summed E-state index contributed by atoms with van der Waals surface area (Å²) in [5.74, 6) is 1.19. The van der Waals surface area contributed by atoms with Crippen LogP contribution in [0.1, 0.15) is 40.0 Å². The lowest BCUT2D eigenvalue weighted by molar-refractivity contribution is -0.119. The largest absolute Gasteiger partial charge is 0.378 e. The highest BCUT2D eigenvalue weighted by atomic mass is 16.5. The number of ether oxygens (including phenoxy) is 1. The predicted molar refractivity (Wildman–Crippen MR) is 103 cm³/mol. The number of nitrogens with zero attached hydrogens (tertiary/aromatic N) is 3. The fourth-order valence-electron chi connectivity index (χ4n) is 4.44. The Hall–Kier alpha value is -1.34. The minimum absolute atomic E-state index is 0.0805. The Morgan fingerprint density at radius 2 is 2.23 bits per heavy atom. The summed E-state index contributed by atoms with van der Waals surface area (Å²) >= 11 is 0. The molecule has 3 aliphatic heterocycles. The third-order valence-corrected chi connectivity index (χ3v) is 5.94. The van der Waals surface area contributed by atoms with Gasteiger partial charge in [0.15, 0.2) is 5.96 Å². The Morgan fingerprint density at radius 3 is 2.92 bits per heavy atom. The van der Waals surface area contributed by atoms with Gasteiger partial charge in [0, 0.05) is 56.6 Å². The maximum Gasteiger partial charge on any atom is 0.220 e. The molecule has 3 fully saturated rings. The fourth-order valence-corrected chi connectivity index (χ4v) is 4.44. The second-order valence-electron chi connectivity index (χ2n) is 8.57. The van der Waals surface area contributed by atoms with Crippen molar-refractivity contribution in [3.05, 3.63) is 0 Å². The highest BCUT2D eigenvalue weighted by Gasteiger charge is 2.42. The van der Waals surface area contributed by atoms with E-state index in [0.717, 1.165) is 77.8 Å². The number of morpholine rings is 1. The molecule has 1 spiro atoms. The van der Waals surface area contributed by atoms with Gasteiger partial charge in [0.1, 0.15) is 0 Å². The highest BCUT2D eigenvalue weighted by Crippen LogP contribution is 2.36. The van der Waals surface area contributed by atoms with Gasteiger partial charge in [0.25, 0.3) is 0 Å². The van der Waals surface area contributed by atoms with Crippen LogP contribution in [0.2, 0.25) is 0 Å². The molecule has 3 rings (SSSR count). The number of piperidine rings is 1. The van der Waals surface area contributed by atoms with Crippen molar-refractivity contribution in [2.24, 2.45) is 10.4 Å². The number of amides is 1. The number of carbonyl (C=O) groups is 1. The Bertz CT molecular complexity index is 536. The zero-order valence-electron chi connectivity index (χ0n) is 16.6. The van der Waals surface area contributed by atoms with Crippen molar-refractivity contribution in [1.82, 2.24) is 20.4 Å². The number of carbonyl (C=O) groups excluding carboxylic acids is 1. The van der Waals surface area contributed by atoms with Crippen molar-refractivity contribution < 1.29 is 9.53 Å². The fraction of sp³-hybridized carbons (Fsp3) is 0.895. The quantitative estimate of drug-likeness (QED) is 0.566. The molecule has 7 heteroatoms. The number of rotatable bonds is 4. The third kappa shape index (κ3) is 4.49. The van der Waals surface area contributed by atoms with Gasteiger partial charge in [-0.2, -0.15) is 0 Å². The summed E-state index contributed by atoms with van der Waals surface area (Å²) in [7, 11) is 0. The van der Waals surface area contributed by atoms with Gasteiger partial charge in [0.2, 0.25) is 5.91 Å². The maximum absolute atomic E-state index is 11.7. The predicted octanol–water partition coefficient (Wildman–Crippen LogP) is 0.665. The van der Waals surface area contributed by atoms with Gasteiger partial charge in [-0.15, -0.1) is 0 Å². The van der Waals surface area contributed by atoms with Crippen LogP contribution in [0.15, 0.2) is 4.99 Å². The van der Waals surface area contributed by atoms with Crippen LogP contribution in [0, 0.1) is 5.41 Å². The van der Waals surface area contributed by atoms with Crippen molar-refractivity contribution in [2.75, 3.05) is 59.0 Å². The lowest BCUT2D eigenvalue weighted by atomic mass is 9.79. The molecule has 0 aliphatic carbocycles.